The van der Waals surface area contributed by atoms with Crippen LogP contribution in [-0.4, -0.2) is 37.9 Å². The van der Waals surface area contributed by atoms with Crippen molar-refractivity contribution in [1.29, 1.82) is 0 Å². The van der Waals surface area contributed by atoms with Crippen molar-refractivity contribution in [2.75, 3.05) is 25.6 Å². The van der Waals surface area contributed by atoms with E-state index in [0.29, 0.717) is 13.0 Å². The SMILES string of the molecule is Cc1cc(N(C)C)ccc1CNC(=O)N[C@H](C)CCO. The average molecular weight is 279 g/mol. The maximum atomic E-state index is 11.7. The predicted octanol–water partition coefficient (Wildman–Crippen LogP) is 1.63. The maximum absolute atomic E-state index is 11.7. The van der Waals surface area contributed by atoms with Gasteiger partial charge in [0.1, 0.15) is 0 Å². The molecule has 20 heavy (non-hydrogen) atoms. The number of hydrogen-bond acceptors (Lipinski definition) is 3. The van der Waals surface area contributed by atoms with E-state index in [1.165, 1.54) is 0 Å². The lowest BCUT2D eigenvalue weighted by atomic mass is 10.1. The van der Waals surface area contributed by atoms with Crippen molar-refractivity contribution in [3.05, 3.63) is 29.3 Å². The Kier molecular flexibility index (Phi) is 6.31. The van der Waals surface area contributed by atoms with Crippen LogP contribution in [0.15, 0.2) is 18.2 Å². The quantitative estimate of drug-likeness (QED) is 0.741. The molecular weight excluding hydrogens is 254 g/mol. The molecule has 112 valence electrons. The molecule has 0 aliphatic carbocycles. The number of aliphatic hydroxyl groups is 1. The minimum Gasteiger partial charge on any atom is -0.396 e. The Balaban J connectivity index is 2.51. The van der Waals surface area contributed by atoms with Gasteiger partial charge in [0.15, 0.2) is 0 Å². The van der Waals surface area contributed by atoms with Crippen LogP contribution in [0.25, 0.3) is 0 Å². The summed E-state index contributed by atoms with van der Waals surface area (Å²) in [6.07, 6.45) is 0.560. The second-order valence-electron chi connectivity index (χ2n) is 5.25. The highest BCUT2D eigenvalue weighted by Crippen LogP contribution is 2.17. The number of carbonyl (C=O) groups excluding carboxylic acids is 1. The van der Waals surface area contributed by atoms with Crippen LogP contribution in [-0.2, 0) is 6.54 Å². The van der Waals surface area contributed by atoms with Crippen LogP contribution in [0.1, 0.15) is 24.5 Å². The van der Waals surface area contributed by atoms with Crippen molar-refractivity contribution in [3.63, 3.8) is 0 Å². The summed E-state index contributed by atoms with van der Waals surface area (Å²) in [5.41, 5.74) is 3.40. The van der Waals surface area contributed by atoms with Crippen molar-refractivity contribution in [2.45, 2.75) is 32.9 Å². The summed E-state index contributed by atoms with van der Waals surface area (Å²) in [7, 11) is 4.01. The molecule has 0 bridgehead atoms. The number of rotatable bonds is 6. The van der Waals surface area contributed by atoms with Crippen LogP contribution in [0.3, 0.4) is 0 Å². The van der Waals surface area contributed by atoms with Crippen LogP contribution < -0.4 is 15.5 Å². The van der Waals surface area contributed by atoms with Crippen LogP contribution in [0.5, 0.6) is 0 Å². The van der Waals surface area contributed by atoms with Gasteiger partial charge in [0, 0.05) is 39.0 Å². The molecule has 1 aromatic carbocycles. The van der Waals surface area contributed by atoms with E-state index in [0.717, 1.165) is 16.8 Å². The highest BCUT2D eigenvalue weighted by molar-refractivity contribution is 5.74. The lowest BCUT2D eigenvalue weighted by Gasteiger charge is -2.16. The van der Waals surface area contributed by atoms with E-state index in [-0.39, 0.29) is 18.7 Å². The van der Waals surface area contributed by atoms with Gasteiger partial charge < -0.3 is 20.6 Å². The van der Waals surface area contributed by atoms with E-state index in [2.05, 4.69) is 16.7 Å². The number of carbonyl (C=O) groups is 1. The fraction of sp³-hybridized carbons (Fsp3) is 0.533. The van der Waals surface area contributed by atoms with Crippen molar-refractivity contribution in [1.82, 2.24) is 10.6 Å². The number of urea groups is 1. The fourth-order valence-electron chi connectivity index (χ4n) is 1.87. The lowest BCUT2D eigenvalue weighted by molar-refractivity contribution is 0.230. The summed E-state index contributed by atoms with van der Waals surface area (Å²) in [5.74, 6) is 0. The zero-order valence-electron chi connectivity index (χ0n) is 12.7. The molecule has 0 fully saturated rings. The van der Waals surface area contributed by atoms with Crippen LogP contribution in [0, 0.1) is 6.92 Å². The van der Waals surface area contributed by atoms with Gasteiger partial charge in [0.25, 0.3) is 0 Å². The van der Waals surface area contributed by atoms with E-state index >= 15 is 0 Å². The lowest BCUT2D eigenvalue weighted by Crippen LogP contribution is -2.40. The van der Waals surface area contributed by atoms with E-state index in [4.69, 9.17) is 5.11 Å². The van der Waals surface area contributed by atoms with E-state index in [1.807, 2.05) is 45.0 Å². The van der Waals surface area contributed by atoms with Crippen LogP contribution in [0.2, 0.25) is 0 Å². The topological polar surface area (TPSA) is 64.6 Å². The predicted molar refractivity (Wildman–Crippen MR) is 82.0 cm³/mol. The van der Waals surface area contributed by atoms with Gasteiger partial charge in [0.2, 0.25) is 0 Å². The summed E-state index contributed by atoms with van der Waals surface area (Å²) in [5, 5.41) is 14.4. The Bertz CT molecular complexity index is 447. The molecule has 0 aliphatic heterocycles. The third-order valence-corrected chi connectivity index (χ3v) is 3.22. The smallest absolute Gasteiger partial charge is 0.315 e. The standard InChI is InChI=1S/C15H25N3O2/c1-11-9-14(18(3)4)6-5-13(11)10-16-15(20)17-12(2)7-8-19/h5-6,9,12,19H,7-8,10H2,1-4H3,(H2,16,17,20)/t12-/m1/s1. The van der Waals surface area contributed by atoms with Gasteiger partial charge in [-0.1, -0.05) is 6.07 Å². The Morgan fingerprint density at radius 1 is 1.40 bits per heavy atom. The third kappa shape index (κ3) is 5.09. The molecule has 0 radical (unpaired) electrons. The van der Waals surface area contributed by atoms with Crippen LogP contribution in [0.4, 0.5) is 10.5 Å². The Morgan fingerprint density at radius 2 is 2.10 bits per heavy atom. The monoisotopic (exact) mass is 279 g/mol. The van der Waals surface area contributed by atoms with Gasteiger partial charge >= 0.3 is 6.03 Å². The third-order valence-electron chi connectivity index (χ3n) is 3.22. The number of amides is 2. The average Bonchev–Trinajstić information content (AvgIpc) is 2.37. The van der Waals surface area contributed by atoms with Gasteiger partial charge in [-0.3, -0.25) is 0 Å². The second kappa shape index (κ2) is 7.75. The Morgan fingerprint density at radius 3 is 2.65 bits per heavy atom. The van der Waals surface area contributed by atoms with Gasteiger partial charge in [-0.05, 0) is 43.5 Å². The number of nitrogens with zero attached hydrogens (tertiary/aromatic N) is 1. The van der Waals surface area contributed by atoms with E-state index in [1.54, 1.807) is 0 Å². The van der Waals surface area contributed by atoms with Crippen molar-refractivity contribution in [2.24, 2.45) is 0 Å². The molecule has 1 atom stereocenters. The first-order chi connectivity index (χ1) is 9.43. The zero-order chi connectivity index (χ0) is 15.1. The molecule has 1 aromatic rings. The number of benzene rings is 1. The van der Waals surface area contributed by atoms with Crippen molar-refractivity contribution < 1.29 is 9.90 Å². The first kappa shape index (κ1) is 16.3. The normalized spacial score (nSPS) is 11.8. The second-order valence-corrected chi connectivity index (χ2v) is 5.25. The zero-order valence-corrected chi connectivity index (χ0v) is 12.7. The minimum absolute atomic E-state index is 0.0304. The van der Waals surface area contributed by atoms with E-state index < -0.39 is 0 Å². The largest absolute Gasteiger partial charge is 0.396 e. The van der Waals surface area contributed by atoms with Crippen molar-refractivity contribution in [3.8, 4) is 0 Å². The Labute approximate surface area is 121 Å². The van der Waals surface area contributed by atoms with Gasteiger partial charge in [0.05, 0.1) is 0 Å². The number of anilines is 1. The highest BCUT2D eigenvalue weighted by Gasteiger charge is 2.07. The highest BCUT2D eigenvalue weighted by atomic mass is 16.3. The molecule has 1 rings (SSSR count). The number of nitrogens with one attached hydrogen (secondary N) is 2. The van der Waals surface area contributed by atoms with Crippen LogP contribution >= 0.6 is 0 Å². The van der Waals surface area contributed by atoms with Gasteiger partial charge in [-0.15, -0.1) is 0 Å². The molecular formula is C15H25N3O2. The molecule has 0 spiro atoms. The molecule has 0 aromatic heterocycles. The minimum atomic E-state index is -0.206. The maximum Gasteiger partial charge on any atom is 0.315 e. The molecule has 0 heterocycles. The first-order valence-corrected chi connectivity index (χ1v) is 6.86. The summed E-state index contributed by atoms with van der Waals surface area (Å²) in [6.45, 7) is 4.48. The summed E-state index contributed by atoms with van der Waals surface area (Å²) in [6, 6.07) is 5.93. The van der Waals surface area contributed by atoms with E-state index in [9.17, 15) is 4.79 Å². The van der Waals surface area contributed by atoms with Gasteiger partial charge in [-0.25, -0.2) is 4.79 Å². The molecule has 0 aliphatic rings. The molecule has 0 saturated carbocycles. The number of aliphatic hydroxyl groups excluding tert-OH is 1. The molecule has 0 saturated heterocycles. The summed E-state index contributed by atoms with van der Waals surface area (Å²) >= 11 is 0. The summed E-state index contributed by atoms with van der Waals surface area (Å²) in [4.78, 5) is 13.7. The molecule has 0 unspecified atom stereocenters. The molecule has 5 nitrogen and oxygen atoms in total. The number of aryl methyl sites for hydroxylation is 1. The molecule has 3 N–H and O–H groups in total. The first-order valence-electron chi connectivity index (χ1n) is 6.86. The molecule has 2 amide bonds. The fourth-order valence-corrected chi connectivity index (χ4v) is 1.87. The Hall–Kier alpha value is -1.75. The summed E-state index contributed by atoms with van der Waals surface area (Å²) < 4.78 is 0. The van der Waals surface area contributed by atoms with Gasteiger partial charge in [-0.2, -0.15) is 0 Å². The molecule has 5 heteroatoms. The number of hydrogen-bond donors (Lipinski definition) is 3. The van der Waals surface area contributed by atoms with Crippen molar-refractivity contribution >= 4 is 11.7 Å².